The van der Waals surface area contributed by atoms with E-state index >= 15 is 0 Å². The molecule has 0 spiro atoms. The summed E-state index contributed by atoms with van der Waals surface area (Å²) in [6, 6.07) is 11.8. The Bertz CT molecular complexity index is 881. The molecule has 0 unspecified atom stereocenters. The molecule has 0 saturated carbocycles. The van der Waals surface area contributed by atoms with Gasteiger partial charge in [-0.2, -0.15) is 0 Å². The predicted octanol–water partition coefficient (Wildman–Crippen LogP) is 2.08. The summed E-state index contributed by atoms with van der Waals surface area (Å²) in [7, 11) is 2.38. The van der Waals surface area contributed by atoms with Gasteiger partial charge in [0, 0.05) is 7.11 Å². The lowest BCUT2D eigenvalue weighted by molar-refractivity contribution is -0.207. The van der Waals surface area contributed by atoms with Crippen molar-refractivity contribution in [3.63, 3.8) is 0 Å². The normalized spacial score (nSPS) is 19.4. The zero-order valence-corrected chi connectivity index (χ0v) is 14.1. The highest BCUT2D eigenvalue weighted by Crippen LogP contribution is 2.45. The Morgan fingerprint density at radius 3 is 1.88 bits per heavy atom. The molecule has 2 N–H and O–H groups in total. The van der Waals surface area contributed by atoms with Gasteiger partial charge in [-0.25, -0.2) is 9.59 Å². The van der Waals surface area contributed by atoms with Crippen molar-refractivity contribution < 1.29 is 34.0 Å². The minimum atomic E-state index is -2.07. The van der Waals surface area contributed by atoms with Gasteiger partial charge in [-0.3, -0.25) is 0 Å². The van der Waals surface area contributed by atoms with Crippen LogP contribution in [0.4, 0.5) is 0 Å². The number of benzene rings is 2. The van der Waals surface area contributed by atoms with Gasteiger partial charge in [-0.1, -0.05) is 24.3 Å². The quantitative estimate of drug-likeness (QED) is 0.809. The van der Waals surface area contributed by atoms with Crippen LogP contribution in [-0.2, 0) is 23.8 Å². The lowest BCUT2D eigenvalue weighted by Crippen LogP contribution is -2.43. The van der Waals surface area contributed by atoms with E-state index in [9.17, 15) is 19.8 Å². The van der Waals surface area contributed by atoms with E-state index in [-0.39, 0.29) is 22.6 Å². The van der Waals surface area contributed by atoms with Crippen molar-refractivity contribution in [2.45, 2.75) is 5.79 Å². The molecule has 1 heterocycles. The molecule has 26 heavy (non-hydrogen) atoms. The fourth-order valence-corrected chi connectivity index (χ4v) is 2.86. The monoisotopic (exact) mass is 356 g/mol. The summed E-state index contributed by atoms with van der Waals surface area (Å²) >= 11 is 0. The molecule has 0 bridgehead atoms. The molecule has 0 aromatic heterocycles. The van der Waals surface area contributed by atoms with Gasteiger partial charge in [0.05, 0.1) is 18.3 Å². The number of hydrogen-bond acceptors (Lipinski definition) is 7. The number of phenolic OH excluding ortho intramolecular Hbond substituents is 2. The predicted molar refractivity (Wildman–Crippen MR) is 90.9 cm³/mol. The minimum Gasteiger partial charge on any atom is -0.508 e. The summed E-state index contributed by atoms with van der Waals surface area (Å²) < 4.78 is 15.4. The zero-order valence-electron chi connectivity index (χ0n) is 14.1. The van der Waals surface area contributed by atoms with Crippen LogP contribution in [0.15, 0.2) is 48.5 Å². The average Bonchev–Trinajstić information content (AvgIpc) is 2.96. The van der Waals surface area contributed by atoms with E-state index in [0.29, 0.717) is 11.1 Å². The number of carbonyl (C=O) groups excluding carboxylic acids is 2. The van der Waals surface area contributed by atoms with Gasteiger partial charge in [-0.15, -0.1) is 0 Å². The van der Waals surface area contributed by atoms with Crippen LogP contribution in [-0.4, -0.2) is 42.2 Å². The van der Waals surface area contributed by atoms with E-state index in [1.807, 2.05) is 0 Å². The molecular weight excluding hydrogens is 340 g/mol. The maximum absolute atomic E-state index is 12.6. The maximum atomic E-state index is 12.6. The van der Waals surface area contributed by atoms with Crippen molar-refractivity contribution in [3.8, 4) is 11.5 Å². The molecule has 1 atom stereocenters. The Balaban J connectivity index is 2.32. The van der Waals surface area contributed by atoms with Crippen molar-refractivity contribution in [1.29, 1.82) is 0 Å². The van der Waals surface area contributed by atoms with E-state index in [1.54, 1.807) is 0 Å². The van der Waals surface area contributed by atoms with Gasteiger partial charge in [-0.05, 0) is 35.4 Å². The number of phenols is 2. The summed E-state index contributed by atoms with van der Waals surface area (Å²) in [6.45, 7) is 0. The molecule has 1 aliphatic heterocycles. The lowest BCUT2D eigenvalue weighted by Gasteiger charge is -2.26. The number of carbonyl (C=O) groups is 2. The third-order valence-electron chi connectivity index (χ3n) is 4.07. The maximum Gasteiger partial charge on any atom is 0.384 e. The van der Waals surface area contributed by atoms with Crippen molar-refractivity contribution in [1.82, 2.24) is 0 Å². The molecule has 0 radical (unpaired) electrons. The second kappa shape index (κ2) is 6.53. The molecule has 2 aromatic rings. The number of methoxy groups -OCH3 is 2. The standard InChI is InChI=1S/C19H16O7/c1-24-18(23)19(25-2)16(12-5-9-14(21)10-6-12)15(17(22)26-19)11-3-7-13(20)8-4-11/h3-10,20-21H,1-2H3/t19-/m1/s1. The Morgan fingerprint density at radius 1 is 0.923 bits per heavy atom. The number of hydrogen-bond donors (Lipinski definition) is 2. The third kappa shape index (κ3) is 2.68. The van der Waals surface area contributed by atoms with E-state index in [2.05, 4.69) is 0 Å². The molecule has 1 aliphatic rings. The molecular formula is C19H16O7. The summed E-state index contributed by atoms with van der Waals surface area (Å²) in [5, 5.41) is 19.0. The van der Waals surface area contributed by atoms with Gasteiger partial charge >= 0.3 is 17.7 Å². The van der Waals surface area contributed by atoms with E-state index < -0.39 is 17.7 Å². The van der Waals surface area contributed by atoms with Crippen molar-refractivity contribution in [2.24, 2.45) is 0 Å². The fourth-order valence-electron chi connectivity index (χ4n) is 2.86. The van der Waals surface area contributed by atoms with E-state index in [1.165, 1.54) is 55.6 Å². The van der Waals surface area contributed by atoms with Gasteiger partial charge in [0.2, 0.25) is 0 Å². The van der Waals surface area contributed by atoms with Gasteiger partial charge < -0.3 is 24.4 Å². The number of ether oxygens (including phenoxy) is 3. The highest BCUT2D eigenvalue weighted by atomic mass is 16.7. The molecule has 0 fully saturated rings. The second-order valence-corrected chi connectivity index (χ2v) is 5.55. The zero-order chi connectivity index (χ0) is 18.9. The minimum absolute atomic E-state index is 0.0202. The first-order chi connectivity index (χ1) is 12.4. The van der Waals surface area contributed by atoms with E-state index in [0.717, 1.165) is 7.11 Å². The van der Waals surface area contributed by atoms with Gasteiger partial charge in [0.1, 0.15) is 11.5 Å². The highest BCUT2D eigenvalue weighted by Gasteiger charge is 2.56. The second-order valence-electron chi connectivity index (χ2n) is 5.55. The average molecular weight is 356 g/mol. The Kier molecular flexibility index (Phi) is 4.40. The summed E-state index contributed by atoms with van der Waals surface area (Å²) in [5.41, 5.74) is 1.12. The Labute approximate surface area is 149 Å². The first-order valence-electron chi connectivity index (χ1n) is 7.63. The van der Waals surface area contributed by atoms with Crippen LogP contribution in [0.2, 0.25) is 0 Å². The van der Waals surface area contributed by atoms with Gasteiger partial charge in [0.15, 0.2) is 0 Å². The molecule has 0 aliphatic carbocycles. The molecule has 0 amide bonds. The van der Waals surface area contributed by atoms with Crippen molar-refractivity contribution >= 4 is 23.1 Å². The number of cyclic esters (lactones) is 1. The van der Waals surface area contributed by atoms with E-state index in [4.69, 9.17) is 14.2 Å². The fraction of sp³-hybridized carbons (Fsp3) is 0.158. The lowest BCUT2D eigenvalue weighted by atomic mass is 9.90. The summed E-state index contributed by atoms with van der Waals surface area (Å²) in [5.74, 6) is -3.70. The van der Waals surface area contributed by atoms with Crippen LogP contribution in [0.25, 0.3) is 11.1 Å². The molecule has 7 heteroatoms. The Morgan fingerprint density at radius 2 is 1.42 bits per heavy atom. The largest absolute Gasteiger partial charge is 0.508 e. The van der Waals surface area contributed by atoms with Crippen LogP contribution >= 0.6 is 0 Å². The number of esters is 2. The molecule has 2 aromatic carbocycles. The van der Waals surface area contributed by atoms with Crippen LogP contribution < -0.4 is 0 Å². The van der Waals surface area contributed by atoms with Crippen LogP contribution in [0, 0.1) is 0 Å². The topological polar surface area (TPSA) is 102 Å². The van der Waals surface area contributed by atoms with Crippen molar-refractivity contribution in [3.05, 3.63) is 59.7 Å². The van der Waals surface area contributed by atoms with Crippen molar-refractivity contribution in [2.75, 3.05) is 14.2 Å². The number of rotatable bonds is 4. The highest BCUT2D eigenvalue weighted by molar-refractivity contribution is 6.31. The van der Waals surface area contributed by atoms with Crippen LogP contribution in [0.5, 0.6) is 11.5 Å². The first kappa shape index (κ1) is 17.5. The number of aromatic hydroxyl groups is 2. The molecule has 3 rings (SSSR count). The smallest absolute Gasteiger partial charge is 0.384 e. The Hall–Kier alpha value is -3.32. The molecule has 7 nitrogen and oxygen atoms in total. The van der Waals surface area contributed by atoms with Crippen LogP contribution in [0.3, 0.4) is 0 Å². The summed E-state index contributed by atoms with van der Waals surface area (Å²) in [4.78, 5) is 25.1. The summed E-state index contributed by atoms with van der Waals surface area (Å²) in [6.07, 6.45) is 0. The first-order valence-corrected chi connectivity index (χ1v) is 7.63. The molecule has 134 valence electrons. The van der Waals surface area contributed by atoms with Crippen LogP contribution in [0.1, 0.15) is 11.1 Å². The van der Waals surface area contributed by atoms with Gasteiger partial charge in [0.25, 0.3) is 0 Å². The SMILES string of the molecule is COC(=O)[C@]1(OC)OC(=O)C(c2ccc(O)cc2)=C1c1ccc(O)cc1. The molecule has 0 saturated heterocycles. The third-order valence-corrected chi connectivity index (χ3v) is 4.07.